The van der Waals surface area contributed by atoms with Crippen LogP contribution in [-0.4, -0.2) is 11.9 Å². The summed E-state index contributed by atoms with van der Waals surface area (Å²) in [6, 6.07) is 21.9. The zero-order chi connectivity index (χ0) is 30.7. The lowest BCUT2D eigenvalue weighted by Crippen LogP contribution is -2.02. The van der Waals surface area contributed by atoms with Gasteiger partial charge in [0.1, 0.15) is 0 Å². The van der Waals surface area contributed by atoms with Crippen LogP contribution in [0.4, 0.5) is 11.4 Å². The molecule has 0 aliphatic heterocycles. The Morgan fingerprint density at radius 3 is 1.84 bits per heavy atom. The van der Waals surface area contributed by atoms with Gasteiger partial charge in [-0.2, -0.15) is 0 Å². The highest BCUT2D eigenvalue weighted by Gasteiger charge is 2.11. The van der Waals surface area contributed by atoms with E-state index in [9.17, 15) is 0 Å². The Morgan fingerprint density at radius 1 is 0.581 bits per heavy atom. The standard InChI is InChI=1S/C41H58N2/c1-6-10-12-14-16-19-25-37-30-39(29-35(9-4)40(37)26-22-17-15-13-11-7-2)43-33(5)32-42-38-28-27-34(8-3)41(31-38)36-23-20-18-21-24-36/h18,20-21,23-24,27-32H,6-17,19,22,25-26H2,1-5H3. The lowest BCUT2D eigenvalue weighted by atomic mass is 9.90. The van der Waals surface area contributed by atoms with Crippen molar-refractivity contribution in [1.29, 1.82) is 0 Å². The molecule has 232 valence electrons. The van der Waals surface area contributed by atoms with E-state index in [1.165, 1.54) is 118 Å². The molecule has 0 aliphatic rings. The summed E-state index contributed by atoms with van der Waals surface area (Å²) in [5, 5.41) is 0. The number of hydrogen-bond donors (Lipinski definition) is 0. The average Bonchev–Trinajstić information content (AvgIpc) is 3.04. The zero-order valence-corrected chi connectivity index (χ0v) is 28.1. The molecule has 0 amide bonds. The van der Waals surface area contributed by atoms with Gasteiger partial charge in [0.2, 0.25) is 0 Å². The third kappa shape index (κ3) is 11.9. The van der Waals surface area contributed by atoms with Gasteiger partial charge in [0.05, 0.1) is 17.1 Å². The molecule has 0 fully saturated rings. The topological polar surface area (TPSA) is 24.7 Å². The summed E-state index contributed by atoms with van der Waals surface area (Å²) < 4.78 is 0. The molecule has 3 rings (SSSR count). The van der Waals surface area contributed by atoms with Gasteiger partial charge < -0.3 is 0 Å². The van der Waals surface area contributed by atoms with Crippen LogP contribution >= 0.6 is 0 Å². The zero-order valence-electron chi connectivity index (χ0n) is 28.1. The van der Waals surface area contributed by atoms with E-state index in [0.29, 0.717) is 0 Å². The summed E-state index contributed by atoms with van der Waals surface area (Å²) in [6.07, 6.45) is 22.5. The fourth-order valence-electron chi connectivity index (χ4n) is 6.12. The van der Waals surface area contributed by atoms with Crippen LogP contribution in [0, 0.1) is 0 Å². The van der Waals surface area contributed by atoms with E-state index in [0.717, 1.165) is 29.9 Å². The van der Waals surface area contributed by atoms with Crippen molar-refractivity contribution in [3.8, 4) is 11.1 Å². The number of benzene rings is 3. The Balaban J connectivity index is 1.79. The molecule has 0 radical (unpaired) electrons. The largest absolute Gasteiger partial charge is 0.255 e. The second kappa shape index (κ2) is 20.0. The SMILES string of the molecule is CCCCCCCCc1cc(N=C(C)C=Nc2ccc(CC)c(-c3ccccc3)c2)cc(CC)c1CCCCCCCC. The molecule has 2 heteroatoms. The molecular formula is C41H58N2. The first-order valence-corrected chi connectivity index (χ1v) is 17.5. The molecule has 0 saturated carbocycles. The quantitative estimate of drug-likeness (QED) is 0.0941. The van der Waals surface area contributed by atoms with E-state index in [-0.39, 0.29) is 0 Å². The molecule has 0 N–H and O–H groups in total. The van der Waals surface area contributed by atoms with Crippen molar-refractivity contribution >= 4 is 23.3 Å². The maximum absolute atomic E-state index is 5.07. The maximum Gasteiger partial charge on any atom is 0.0639 e. The van der Waals surface area contributed by atoms with Crippen molar-refractivity contribution in [3.63, 3.8) is 0 Å². The summed E-state index contributed by atoms with van der Waals surface area (Å²) in [5.74, 6) is 0. The first-order chi connectivity index (χ1) is 21.1. The van der Waals surface area contributed by atoms with Gasteiger partial charge in [-0.25, -0.2) is 0 Å². The number of rotatable bonds is 20. The molecule has 3 aromatic carbocycles. The Bertz CT molecular complexity index is 1270. The monoisotopic (exact) mass is 578 g/mol. The smallest absolute Gasteiger partial charge is 0.0639 e. The molecular weight excluding hydrogens is 520 g/mol. The van der Waals surface area contributed by atoms with Crippen molar-refractivity contribution < 1.29 is 0 Å². The average molecular weight is 579 g/mol. The van der Waals surface area contributed by atoms with Gasteiger partial charge in [-0.1, -0.05) is 128 Å². The van der Waals surface area contributed by atoms with Crippen LogP contribution in [0.1, 0.15) is 134 Å². The van der Waals surface area contributed by atoms with Crippen LogP contribution < -0.4 is 0 Å². The highest BCUT2D eigenvalue weighted by molar-refractivity contribution is 6.30. The Labute approximate surface area is 264 Å². The third-order valence-electron chi connectivity index (χ3n) is 8.65. The number of aliphatic imine (C=N–C) groups is 2. The van der Waals surface area contributed by atoms with E-state index in [4.69, 9.17) is 9.98 Å². The molecule has 0 heterocycles. The van der Waals surface area contributed by atoms with Gasteiger partial charge >= 0.3 is 0 Å². The van der Waals surface area contributed by atoms with Gasteiger partial charge in [0.15, 0.2) is 0 Å². The van der Waals surface area contributed by atoms with E-state index in [1.807, 2.05) is 6.21 Å². The fourth-order valence-corrected chi connectivity index (χ4v) is 6.12. The number of hydrogen-bond acceptors (Lipinski definition) is 2. The Morgan fingerprint density at radius 2 is 1.19 bits per heavy atom. The molecule has 43 heavy (non-hydrogen) atoms. The lowest BCUT2D eigenvalue weighted by molar-refractivity contribution is 0.598. The van der Waals surface area contributed by atoms with Gasteiger partial charge in [0.25, 0.3) is 0 Å². The van der Waals surface area contributed by atoms with Crippen molar-refractivity contribution in [3.05, 3.63) is 82.9 Å². The summed E-state index contributed by atoms with van der Waals surface area (Å²) >= 11 is 0. The van der Waals surface area contributed by atoms with Crippen LogP contribution in [0.25, 0.3) is 11.1 Å². The van der Waals surface area contributed by atoms with E-state index < -0.39 is 0 Å². The van der Waals surface area contributed by atoms with Gasteiger partial charge in [-0.15, -0.1) is 0 Å². The minimum atomic E-state index is 0.942. The van der Waals surface area contributed by atoms with Crippen LogP contribution in [0.5, 0.6) is 0 Å². The van der Waals surface area contributed by atoms with Crippen LogP contribution in [-0.2, 0) is 25.7 Å². The Kier molecular flexibility index (Phi) is 16.1. The number of aryl methyl sites for hydroxylation is 3. The summed E-state index contributed by atoms with van der Waals surface area (Å²) in [5.41, 5.74) is 11.5. The van der Waals surface area contributed by atoms with Crippen molar-refractivity contribution in [2.75, 3.05) is 0 Å². The summed E-state index contributed by atoms with van der Waals surface area (Å²) in [4.78, 5) is 9.91. The molecule has 0 aromatic heterocycles. The van der Waals surface area contributed by atoms with Crippen molar-refractivity contribution in [2.24, 2.45) is 9.98 Å². The predicted molar refractivity (Wildman–Crippen MR) is 192 cm³/mol. The molecule has 0 unspecified atom stereocenters. The fraction of sp³-hybridized carbons (Fsp3) is 0.512. The lowest BCUT2D eigenvalue weighted by Gasteiger charge is -2.16. The van der Waals surface area contributed by atoms with Crippen LogP contribution in [0.15, 0.2) is 70.6 Å². The van der Waals surface area contributed by atoms with Crippen LogP contribution in [0.2, 0.25) is 0 Å². The molecule has 3 aromatic rings. The summed E-state index contributed by atoms with van der Waals surface area (Å²) in [6.45, 7) is 11.2. The number of unbranched alkanes of at least 4 members (excludes halogenated alkanes) is 10. The predicted octanol–water partition coefficient (Wildman–Crippen LogP) is 12.8. The second-order valence-electron chi connectivity index (χ2n) is 12.2. The van der Waals surface area contributed by atoms with E-state index in [2.05, 4.69) is 95.3 Å². The molecule has 0 bridgehead atoms. The normalized spacial score (nSPS) is 12.0. The molecule has 2 nitrogen and oxygen atoms in total. The second-order valence-corrected chi connectivity index (χ2v) is 12.2. The first-order valence-electron chi connectivity index (χ1n) is 17.5. The van der Waals surface area contributed by atoms with Crippen molar-refractivity contribution in [2.45, 2.75) is 137 Å². The van der Waals surface area contributed by atoms with Gasteiger partial charge in [0, 0.05) is 6.21 Å². The maximum atomic E-state index is 5.07. The van der Waals surface area contributed by atoms with Gasteiger partial charge in [-0.05, 0) is 103 Å². The number of nitrogens with zero attached hydrogens (tertiary/aromatic N) is 2. The van der Waals surface area contributed by atoms with Crippen LogP contribution in [0.3, 0.4) is 0 Å². The molecule has 0 saturated heterocycles. The highest BCUT2D eigenvalue weighted by atomic mass is 14.8. The third-order valence-corrected chi connectivity index (χ3v) is 8.65. The van der Waals surface area contributed by atoms with Crippen molar-refractivity contribution in [1.82, 2.24) is 0 Å². The Hall–Kier alpha value is -3.00. The highest BCUT2D eigenvalue weighted by Crippen LogP contribution is 2.30. The van der Waals surface area contributed by atoms with E-state index >= 15 is 0 Å². The summed E-state index contributed by atoms with van der Waals surface area (Å²) in [7, 11) is 0. The van der Waals surface area contributed by atoms with E-state index in [1.54, 1.807) is 5.56 Å². The van der Waals surface area contributed by atoms with Gasteiger partial charge in [-0.3, -0.25) is 9.98 Å². The molecule has 0 atom stereocenters. The first kappa shape index (κ1) is 34.5. The molecule has 0 aliphatic carbocycles. The minimum absolute atomic E-state index is 0.942. The minimum Gasteiger partial charge on any atom is -0.255 e. The molecule has 0 spiro atoms.